The van der Waals surface area contributed by atoms with Crippen molar-refractivity contribution in [3.8, 4) is 0 Å². The van der Waals surface area contributed by atoms with Gasteiger partial charge in [0, 0.05) is 29.2 Å². The first-order valence-electron chi connectivity index (χ1n) is 8.64. The van der Waals surface area contributed by atoms with Crippen LogP contribution >= 0.6 is 0 Å². The topological polar surface area (TPSA) is 19.6 Å². The summed E-state index contributed by atoms with van der Waals surface area (Å²) in [6, 6.07) is 11.2. The minimum absolute atomic E-state index is 0.281. The van der Waals surface area contributed by atoms with Crippen molar-refractivity contribution in [2.45, 2.75) is 46.8 Å². The first-order chi connectivity index (χ1) is 11.5. The molecule has 0 unspecified atom stereocenters. The summed E-state index contributed by atoms with van der Waals surface area (Å²) in [5.74, 6) is 0. The maximum Gasteiger partial charge on any atom is 0.159 e. The van der Waals surface area contributed by atoms with Gasteiger partial charge in [-0.2, -0.15) is 0 Å². The fourth-order valence-corrected chi connectivity index (χ4v) is 3.81. The predicted molar refractivity (Wildman–Crippen MR) is 101 cm³/mol. The van der Waals surface area contributed by atoms with Crippen molar-refractivity contribution >= 4 is 27.6 Å². The van der Waals surface area contributed by atoms with Crippen LogP contribution in [-0.2, 0) is 0 Å². The highest BCUT2D eigenvalue weighted by Gasteiger charge is 2.28. The summed E-state index contributed by atoms with van der Waals surface area (Å²) in [4.78, 5) is 4.70. The second-order valence-electron chi connectivity index (χ2n) is 7.04. The van der Waals surface area contributed by atoms with E-state index in [1.165, 1.54) is 27.6 Å². The van der Waals surface area contributed by atoms with Gasteiger partial charge < -0.3 is 14.2 Å². The molecule has 1 aliphatic rings. The van der Waals surface area contributed by atoms with Crippen molar-refractivity contribution in [2.24, 2.45) is 0 Å². The van der Waals surface area contributed by atoms with Gasteiger partial charge >= 0.3 is 0 Å². The summed E-state index contributed by atoms with van der Waals surface area (Å²) in [5.41, 5.74) is 5.58. The van der Waals surface area contributed by atoms with Crippen LogP contribution in [0.15, 0.2) is 47.1 Å². The Hall–Kier alpha value is -2.42. The molecule has 0 bridgehead atoms. The molecule has 0 saturated heterocycles. The molecule has 1 atom stereocenters. The van der Waals surface area contributed by atoms with E-state index in [4.69, 9.17) is 4.42 Å². The average molecular weight is 320 g/mol. The van der Waals surface area contributed by atoms with Gasteiger partial charge in [0.25, 0.3) is 0 Å². The number of hydrogen-bond donors (Lipinski definition) is 0. The number of rotatable bonds is 2. The molecule has 3 heteroatoms. The third-order valence-electron chi connectivity index (χ3n) is 5.13. The third-order valence-corrected chi connectivity index (χ3v) is 5.13. The first-order valence-corrected chi connectivity index (χ1v) is 8.64. The van der Waals surface area contributed by atoms with E-state index in [9.17, 15) is 0 Å². The zero-order valence-corrected chi connectivity index (χ0v) is 15.0. The summed E-state index contributed by atoms with van der Waals surface area (Å²) >= 11 is 0. The van der Waals surface area contributed by atoms with Gasteiger partial charge in [-0.05, 0) is 45.7 Å². The van der Waals surface area contributed by atoms with E-state index in [1.54, 1.807) is 0 Å². The molecule has 0 saturated carbocycles. The molecule has 124 valence electrons. The Labute approximate surface area is 143 Å². The number of nitrogens with zero attached hydrogens (tertiary/aromatic N) is 2. The molecule has 2 aromatic carbocycles. The quantitative estimate of drug-likeness (QED) is 0.617. The molecule has 0 N–H and O–H groups in total. The smallest absolute Gasteiger partial charge is 0.159 e. The molecule has 4 rings (SSSR count). The number of fused-ring (bicyclic) bond motifs is 3. The molecule has 0 spiro atoms. The molecule has 0 amide bonds. The number of furan rings is 1. The SMILES string of the molecule is Cc1ccc2c(oc3c(C)cccc32)c1N1C=CN(C(C)C)[C@H]1C. The molecule has 0 aliphatic carbocycles. The molecular formula is C21H24N2O. The number of anilines is 1. The molecule has 0 radical (unpaired) electrons. The largest absolute Gasteiger partial charge is 0.454 e. The van der Waals surface area contributed by atoms with Gasteiger partial charge in [0.1, 0.15) is 11.7 Å². The molecular weight excluding hydrogens is 296 g/mol. The number of para-hydroxylation sites is 1. The van der Waals surface area contributed by atoms with E-state index in [0.717, 1.165) is 11.2 Å². The van der Waals surface area contributed by atoms with Crippen LogP contribution in [-0.4, -0.2) is 17.1 Å². The second kappa shape index (κ2) is 5.30. The van der Waals surface area contributed by atoms with Crippen molar-refractivity contribution in [3.63, 3.8) is 0 Å². The number of aryl methyl sites for hydroxylation is 2. The summed E-state index contributed by atoms with van der Waals surface area (Å²) in [6.07, 6.45) is 4.64. The second-order valence-corrected chi connectivity index (χ2v) is 7.04. The lowest BCUT2D eigenvalue weighted by atomic mass is 10.1. The van der Waals surface area contributed by atoms with Gasteiger partial charge in [-0.15, -0.1) is 0 Å². The summed E-state index contributed by atoms with van der Waals surface area (Å²) < 4.78 is 6.36. The Bertz CT molecular complexity index is 951. The van der Waals surface area contributed by atoms with E-state index >= 15 is 0 Å². The van der Waals surface area contributed by atoms with Crippen LogP contribution < -0.4 is 4.90 Å². The minimum Gasteiger partial charge on any atom is -0.454 e. The lowest BCUT2D eigenvalue weighted by molar-refractivity contribution is 0.263. The lowest BCUT2D eigenvalue weighted by Crippen LogP contribution is -2.39. The Kier molecular flexibility index (Phi) is 3.34. The Morgan fingerprint density at radius 2 is 1.67 bits per heavy atom. The molecule has 3 nitrogen and oxygen atoms in total. The van der Waals surface area contributed by atoms with Crippen LogP contribution in [0, 0.1) is 13.8 Å². The van der Waals surface area contributed by atoms with Crippen LogP contribution in [0.4, 0.5) is 5.69 Å². The molecule has 1 aliphatic heterocycles. The molecule has 2 heterocycles. The van der Waals surface area contributed by atoms with Gasteiger partial charge in [-0.25, -0.2) is 0 Å². The number of hydrogen-bond acceptors (Lipinski definition) is 3. The van der Waals surface area contributed by atoms with E-state index < -0.39 is 0 Å². The van der Waals surface area contributed by atoms with Crippen LogP contribution in [0.1, 0.15) is 31.9 Å². The maximum absolute atomic E-state index is 6.36. The molecule has 3 aromatic rings. The highest BCUT2D eigenvalue weighted by Crippen LogP contribution is 2.40. The van der Waals surface area contributed by atoms with E-state index in [0.29, 0.717) is 6.04 Å². The van der Waals surface area contributed by atoms with Crippen LogP contribution in [0.25, 0.3) is 21.9 Å². The van der Waals surface area contributed by atoms with E-state index in [-0.39, 0.29) is 6.17 Å². The summed E-state index contributed by atoms with van der Waals surface area (Å²) in [7, 11) is 0. The first kappa shape index (κ1) is 15.1. The van der Waals surface area contributed by atoms with Crippen LogP contribution in [0.3, 0.4) is 0 Å². The van der Waals surface area contributed by atoms with Crippen molar-refractivity contribution in [3.05, 3.63) is 53.9 Å². The van der Waals surface area contributed by atoms with Gasteiger partial charge in [-0.3, -0.25) is 0 Å². The van der Waals surface area contributed by atoms with Gasteiger partial charge in [0.2, 0.25) is 0 Å². The third kappa shape index (κ3) is 2.04. The standard InChI is InChI=1S/C21H24N2O/c1-13(2)22-11-12-23(16(22)5)19-14(3)9-10-18-17-8-6-7-15(4)20(17)24-21(18)19/h6-13,16H,1-5H3/t16-/m1/s1. The molecule has 0 fully saturated rings. The van der Waals surface area contributed by atoms with Gasteiger partial charge in [0.15, 0.2) is 5.58 Å². The average Bonchev–Trinajstić information content (AvgIpc) is 3.09. The van der Waals surface area contributed by atoms with Crippen molar-refractivity contribution in [2.75, 3.05) is 4.90 Å². The van der Waals surface area contributed by atoms with Crippen LogP contribution in [0.5, 0.6) is 0 Å². The van der Waals surface area contributed by atoms with Crippen molar-refractivity contribution < 1.29 is 4.42 Å². The van der Waals surface area contributed by atoms with E-state index in [2.05, 4.69) is 87.2 Å². The highest BCUT2D eigenvalue weighted by atomic mass is 16.3. The van der Waals surface area contributed by atoms with E-state index in [1.807, 2.05) is 0 Å². The Morgan fingerprint density at radius 1 is 0.917 bits per heavy atom. The minimum atomic E-state index is 0.281. The summed E-state index contributed by atoms with van der Waals surface area (Å²) in [5, 5.41) is 2.39. The zero-order chi connectivity index (χ0) is 17.0. The van der Waals surface area contributed by atoms with Gasteiger partial charge in [0.05, 0.1) is 5.69 Å². The van der Waals surface area contributed by atoms with Crippen molar-refractivity contribution in [1.82, 2.24) is 4.90 Å². The maximum atomic E-state index is 6.36. The fourth-order valence-electron chi connectivity index (χ4n) is 3.81. The monoisotopic (exact) mass is 320 g/mol. The van der Waals surface area contributed by atoms with Gasteiger partial charge in [-0.1, -0.05) is 30.3 Å². The predicted octanol–water partition coefficient (Wildman–Crippen LogP) is 5.55. The Morgan fingerprint density at radius 3 is 2.38 bits per heavy atom. The zero-order valence-electron chi connectivity index (χ0n) is 15.0. The fraction of sp³-hybridized carbons (Fsp3) is 0.333. The van der Waals surface area contributed by atoms with Crippen LogP contribution in [0.2, 0.25) is 0 Å². The summed E-state index contributed by atoms with van der Waals surface area (Å²) in [6.45, 7) is 11.0. The Balaban J connectivity index is 1.96. The highest BCUT2D eigenvalue weighted by molar-refractivity contribution is 6.10. The molecule has 24 heavy (non-hydrogen) atoms. The molecule has 1 aromatic heterocycles. The van der Waals surface area contributed by atoms with Crippen molar-refractivity contribution in [1.29, 1.82) is 0 Å². The lowest BCUT2D eigenvalue weighted by Gasteiger charge is -2.33. The normalized spacial score (nSPS) is 17.8. The number of benzene rings is 2.